The highest BCUT2D eigenvalue weighted by Gasteiger charge is 2.09. The largest absolute Gasteiger partial charge is 0.324 e. The predicted molar refractivity (Wildman–Crippen MR) is 89.4 cm³/mol. The Labute approximate surface area is 129 Å². The van der Waals surface area contributed by atoms with Gasteiger partial charge in [-0.1, -0.05) is 17.7 Å². The standard InChI is InChI=1S/C18H18N4/c1-12-2-5-17-15(8-12)11-20-18(22-17)21-16-4-3-13-6-7-19-10-14(13)9-16/h2-5,8-9,11,19H,6-7,10H2,1H3,(H,20,21,22). The summed E-state index contributed by atoms with van der Waals surface area (Å²) in [6.07, 6.45) is 2.97. The first-order chi connectivity index (χ1) is 10.8. The van der Waals surface area contributed by atoms with E-state index in [1.54, 1.807) is 0 Å². The van der Waals surface area contributed by atoms with Gasteiger partial charge in [0.2, 0.25) is 5.95 Å². The van der Waals surface area contributed by atoms with Gasteiger partial charge in [-0.25, -0.2) is 9.97 Å². The third kappa shape index (κ3) is 2.53. The highest BCUT2D eigenvalue weighted by atomic mass is 15.1. The number of aromatic nitrogens is 2. The fourth-order valence-corrected chi connectivity index (χ4v) is 2.90. The van der Waals surface area contributed by atoms with E-state index in [2.05, 4.69) is 57.9 Å². The lowest BCUT2D eigenvalue weighted by molar-refractivity contribution is 0.644. The van der Waals surface area contributed by atoms with Gasteiger partial charge in [0, 0.05) is 23.8 Å². The van der Waals surface area contributed by atoms with Crippen LogP contribution < -0.4 is 10.6 Å². The zero-order valence-corrected chi connectivity index (χ0v) is 12.6. The molecule has 0 amide bonds. The minimum Gasteiger partial charge on any atom is -0.324 e. The molecule has 4 rings (SSSR count). The van der Waals surface area contributed by atoms with Crippen LogP contribution in [0.15, 0.2) is 42.6 Å². The summed E-state index contributed by atoms with van der Waals surface area (Å²) in [6.45, 7) is 4.07. The minimum atomic E-state index is 0.639. The lowest BCUT2D eigenvalue weighted by Gasteiger charge is -2.18. The molecule has 0 atom stereocenters. The monoisotopic (exact) mass is 290 g/mol. The van der Waals surface area contributed by atoms with E-state index in [0.29, 0.717) is 5.95 Å². The number of nitrogens with one attached hydrogen (secondary N) is 2. The van der Waals surface area contributed by atoms with Crippen molar-refractivity contribution in [3.8, 4) is 0 Å². The number of hydrogen-bond acceptors (Lipinski definition) is 4. The molecule has 22 heavy (non-hydrogen) atoms. The van der Waals surface area contributed by atoms with Crippen molar-refractivity contribution in [2.24, 2.45) is 0 Å². The molecular weight excluding hydrogens is 272 g/mol. The number of rotatable bonds is 2. The molecule has 110 valence electrons. The first-order valence-corrected chi connectivity index (χ1v) is 7.61. The van der Waals surface area contributed by atoms with Crippen molar-refractivity contribution in [2.45, 2.75) is 19.9 Å². The average molecular weight is 290 g/mol. The summed E-state index contributed by atoms with van der Waals surface area (Å²) in [5.74, 6) is 0.639. The van der Waals surface area contributed by atoms with Crippen molar-refractivity contribution in [1.82, 2.24) is 15.3 Å². The van der Waals surface area contributed by atoms with E-state index in [1.807, 2.05) is 12.3 Å². The van der Waals surface area contributed by atoms with E-state index in [0.717, 1.165) is 36.1 Å². The van der Waals surface area contributed by atoms with Crippen LogP contribution in [0.3, 0.4) is 0 Å². The molecule has 4 heteroatoms. The Hall–Kier alpha value is -2.46. The van der Waals surface area contributed by atoms with Crippen molar-refractivity contribution in [2.75, 3.05) is 11.9 Å². The van der Waals surface area contributed by atoms with Gasteiger partial charge in [0.25, 0.3) is 0 Å². The summed E-state index contributed by atoms with van der Waals surface area (Å²) in [4.78, 5) is 9.00. The highest BCUT2D eigenvalue weighted by Crippen LogP contribution is 2.22. The van der Waals surface area contributed by atoms with Crippen LogP contribution in [0.5, 0.6) is 0 Å². The van der Waals surface area contributed by atoms with Crippen LogP contribution in [-0.4, -0.2) is 16.5 Å². The molecule has 0 saturated carbocycles. The van der Waals surface area contributed by atoms with Gasteiger partial charge in [0.05, 0.1) is 5.52 Å². The van der Waals surface area contributed by atoms with Gasteiger partial charge >= 0.3 is 0 Å². The fraction of sp³-hybridized carbons (Fsp3) is 0.222. The molecule has 1 aliphatic rings. The molecule has 0 radical (unpaired) electrons. The van der Waals surface area contributed by atoms with E-state index in [1.165, 1.54) is 16.7 Å². The van der Waals surface area contributed by atoms with E-state index in [4.69, 9.17) is 0 Å². The summed E-state index contributed by atoms with van der Waals surface area (Å²) in [5, 5.41) is 7.78. The van der Waals surface area contributed by atoms with E-state index < -0.39 is 0 Å². The SMILES string of the molecule is Cc1ccc2nc(Nc3ccc4c(c3)CNCC4)ncc2c1. The maximum atomic E-state index is 4.59. The van der Waals surface area contributed by atoms with Crippen LogP contribution in [-0.2, 0) is 13.0 Å². The van der Waals surface area contributed by atoms with Gasteiger partial charge in [-0.3, -0.25) is 0 Å². The number of fused-ring (bicyclic) bond motifs is 2. The second-order valence-electron chi connectivity index (χ2n) is 5.79. The van der Waals surface area contributed by atoms with Gasteiger partial charge < -0.3 is 10.6 Å². The lowest BCUT2D eigenvalue weighted by atomic mass is 10.0. The van der Waals surface area contributed by atoms with Crippen LogP contribution in [0.25, 0.3) is 10.9 Å². The Balaban J connectivity index is 1.64. The molecule has 0 bridgehead atoms. The van der Waals surface area contributed by atoms with Gasteiger partial charge in [0.15, 0.2) is 0 Å². The Morgan fingerprint density at radius 2 is 2.05 bits per heavy atom. The van der Waals surface area contributed by atoms with Crippen LogP contribution in [0.1, 0.15) is 16.7 Å². The normalized spacial score (nSPS) is 13.9. The predicted octanol–water partition coefficient (Wildman–Crippen LogP) is 3.33. The van der Waals surface area contributed by atoms with Gasteiger partial charge in [-0.2, -0.15) is 0 Å². The number of hydrogen-bond donors (Lipinski definition) is 2. The zero-order valence-electron chi connectivity index (χ0n) is 12.6. The molecule has 0 unspecified atom stereocenters. The van der Waals surface area contributed by atoms with Crippen molar-refractivity contribution >= 4 is 22.5 Å². The van der Waals surface area contributed by atoms with Crippen LogP contribution >= 0.6 is 0 Å². The third-order valence-corrected chi connectivity index (χ3v) is 4.08. The highest BCUT2D eigenvalue weighted by molar-refractivity contribution is 5.79. The molecule has 4 nitrogen and oxygen atoms in total. The summed E-state index contributed by atoms with van der Waals surface area (Å²) in [6, 6.07) is 12.7. The first-order valence-electron chi connectivity index (χ1n) is 7.61. The Morgan fingerprint density at radius 1 is 1.09 bits per heavy atom. The molecule has 1 aromatic heterocycles. The number of benzene rings is 2. The van der Waals surface area contributed by atoms with Crippen LogP contribution in [0.2, 0.25) is 0 Å². The van der Waals surface area contributed by atoms with E-state index >= 15 is 0 Å². The molecule has 0 saturated heterocycles. The summed E-state index contributed by atoms with van der Waals surface area (Å²) >= 11 is 0. The summed E-state index contributed by atoms with van der Waals surface area (Å²) in [7, 11) is 0. The lowest BCUT2D eigenvalue weighted by Crippen LogP contribution is -2.23. The van der Waals surface area contributed by atoms with Crippen molar-refractivity contribution < 1.29 is 0 Å². The minimum absolute atomic E-state index is 0.639. The van der Waals surface area contributed by atoms with Crippen molar-refractivity contribution in [1.29, 1.82) is 0 Å². The van der Waals surface area contributed by atoms with Gasteiger partial charge in [0.1, 0.15) is 0 Å². The van der Waals surface area contributed by atoms with Gasteiger partial charge in [-0.15, -0.1) is 0 Å². The number of nitrogens with zero attached hydrogens (tertiary/aromatic N) is 2. The number of aryl methyl sites for hydroxylation is 1. The molecular formula is C18H18N4. The second kappa shape index (κ2) is 5.39. The Morgan fingerprint density at radius 3 is 3.00 bits per heavy atom. The first kappa shape index (κ1) is 13.2. The van der Waals surface area contributed by atoms with Crippen LogP contribution in [0.4, 0.5) is 11.6 Å². The Bertz CT molecular complexity index is 842. The molecule has 2 heterocycles. The number of anilines is 2. The smallest absolute Gasteiger partial charge is 0.227 e. The Kier molecular flexibility index (Phi) is 3.24. The topological polar surface area (TPSA) is 49.8 Å². The maximum absolute atomic E-state index is 4.59. The molecule has 3 aromatic rings. The quantitative estimate of drug-likeness (QED) is 0.760. The fourth-order valence-electron chi connectivity index (χ4n) is 2.90. The second-order valence-corrected chi connectivity index (χ2v) is 5.79. The molecule has 1 aliphatic heterocycles. The molecule has 0 spiro atoms. The summed E-state index contributed by atoms with van der Waals surface area (Å²) in [5.41, 5.74) is 6.00. The maximum Gasteiger partial charge on any atom is 0.227 e. The van der Waals surface area contributed by atoms with Gasteiger partial charge in [-0.05, 0) is 55.3 Å². The van der Waals surface area contributed by atoms with Crippen molar-refractivity contribution in [3.63, 3.8) is 0 Å². The summed E-state index contributed by atoms with van der Waals surface area (Å²) < 4.78 is 0. The molecule has 2 aromatic carbocycles. The van der Waals surface area contributed by atoms with E-state index in [9.17, 15) is 0 Å². The zero-order chi connectivity index (χ0) is 14.9. The molecule has 0 aliphatic carbocycles. The molecule has 0 fully saturated rings. The average Bonchev–Trinajstić information content (AvgIpc) is 2.55. The van der Waals surface area contributed by atoms with E-state index in [-0.39, 0.29) is 0 Å². The van der Waals surface area contributed by atoms with Crippen LogP contribution in [0, 0.1) is 6.92 Å². The molecule has 2 N–H and O–H groups in total. The van der Waals surface area contributed by atoms with Crippen molar-refractivity contribution in [3.05, 3.63) is 59.3 Å². The third-order valence-electron chi connectivity index (χ3n) is 4.08.